The van der Waals surface area contributed by atoms with Crippen LogP contribution in [0.15, 0.2) is 24.3 Å². The summed E-state index contributed by atoms with van der Waals surface area (Å²) < 4.78 is 25.5. The normalized spacial score (nSPS) is 12.2. The lowest BCUT2D eigenvalue weighted by Crippen LogP contribution is -2.36. The Hall–Kier alpha value is -2.80. The predicted octanol–water partition coefficient (Wildman–Crippen LogP) is 5.99. The number of nitrogens with one attached hydrogen (secondary N) is 1. The van der Waals surface area contributed by atoms with E-state index < -0.39 is 29.5 Å². The molecule has 0 heterocycles. The van der Waals surface area contributed by atoms with Gasteiger partial charge in [-0.3, -0.25) is 4.79 Å². The lowest BCUT2D eigenvalue weighted by atomic mass is 9.92. The number of aromatic hydroxyl groups is 1. The summed E-state index contributed by atoms with van der Waals surface area (Å²) in [6.07, 6.45) is -1.09. The Bertz CT molecular complexity index is 993. The van der Waals surface area contributed by atoms with E-state index in [1.54, 1.807) is 53.7 Å². The second-order valence-electron chi connectivity index (χ2n) is 8.52. The topological polar surface area (TPSA) is 84.9 Å². The molecule has 2 aromatic rings. The van der Waals surface area contributed by atoms with Crippen molar-refractivity contribution in [2.75, 3.05) is 6.61 Å². The summed E-state index contributed by atoms with van der Waals surface area (Å²) >= 11 is 6.01. The molecule has 1 atom stereocenters. The van der Waals surface area contributed by atoms with Crippen LogP contribution in [-0.4, -0.2) is 29.4 Å². The van der Waals surface area contributed by atoms with Crippen molar-refractivity contribution < 1.29 is 28.6 Å². The zero-order valence-electron chi connectivity index (χ0n) is 19.1. The minimum Gasteiger partial charge on any atom is -0.507 e. The smallest absolute Gasteiger partial charge is 0.408 e. The zero-order chi connectivity index (χ0) is 24.2. The number of halogens is 2. The van der Waals surface area contributed by atoms with E-state index in [1.807, 2.05) is 0 Å². The first kappa shape index (κ1) is 25.5. The number of alkyl carbamates (subject to hydrolysis) is 1. The van der Waals surface area contributed by atoms with Gasteiger partial charge in [0.2, 0.25) is 0 Å². The Morgan fingerprint density at radius 1 is 1.16 bits per heavy atom. The van der Waals surface area contributed by atoms with Crippen molar-refractivity contribution in [3.05, 3.63) is 51.8 Å². The van der Waals surface area contributed by atoms with Crippen LogP contribution in [0.25, 0.3) is 11.1 Å². The van der Waals surface area contributed by atoms with Gasteiger partial charge < -0.3 is 19.9 Å². The van der Waals surface area contributed by atoms with Gasteiger partial charge in [0.15, 0.2) is 0 Å². The molecule has 32 heavy (non-hydrogen) atoms. The number of ether oxygens (including phenoxy) is 2. The third-order valence-electron chi connectivity index (χ3n) is 4.59. The number of hydrogen-bond acceptors (Lipinski definition) is 5. The minimum atomic E-state index is -1.04. The third-order valence-corrected chi connectivity index (χ3v) is 4.81. The fourth-order valence-corrected chi connectivity index (χ4v) is 3.64. The number of esters is 1. The summed E-state index contributed by atoms with van der Waals surface area (Å²) in [5, 5.41) is 13.4. The van der Waals surface area contributed by atoms with E-state index >= 15 is 4.39 Å². The number of rotatable bonds is 6. The van der Waals surface area contributed by atoms with Crippen LogP contribution < -0.4 is 5.32 Å². The van der Waals surface area contributed by atoms with Crippen LogP contribution in [0, 0.1) is 19.7 Å². The number of phenolic OH excluding ortho intramolecular Hbond substituents is 1. The number of aryl methyl sites for hydroxylation is 2. The van der Waals surface area contributed by atoms with Crippen LogP contribution in [0.4, 0.5) is 9.18 Å². The number of carbonyl (C=O) groups excluding carboxylic acids is 2. The lowest BCUT2D eigenvalue weighted by Gasteiger charge is -2.24. The molecule has 0 radical (unpaired) electrons. The van der Waals surface area contributed by atoms with Crippen molar-refractivity contribution >= 4 is 23.7 Å². The van der Waals surface area contributed by atoms with Gasteiger partial charge in [0.05, 0.1) is 19.1 Å². The van der Waals surface area contributed by atoms with Crippen LogP contribution in [0.3, 0.4) is 0 Å². The molecule has 6 nitrogen and oxygen atoms in total. The van der Waals surface area contributed by atoms with Gasteiger partial charge in [-0.25, -0.2) is 9.18 Å². The molecule has 0 aliphatic carbocycles. The SMILES string of the molecule is CCOC(=O)C[C@H](NC(=O)OC(C)(C)C)c1cc(-c2c(C)cc(Cl)cc2O)cc(C)c1F. The van der Waals surface area contributed by atoms with Gasteiger partial charge in [-0.15, -0.1) is 0 Å². The molecule has 2 rings (SSSR count). The van der Waals surface area contributed by atoms with E-state index in [0.717, 1.165) is 0 Å². The second-order valence-corrected chi connectivity index (χ2v) is 8.96. The van der Waals surface area contributed by atoms with E-state index in [0.29, 0.717) is 21.7 Å². The molecule has 8 heteroatoms. The number of carbonyl (C=O) groups is 2. The molecule has 0 spiro atoms. The van der Waals surface area contributed by atoms with Gasteiger partial charge in [0.1, 0.15) is 17.2 Å². The van der Waals surface area contributed by atoms with E-state index in [-0.39, 0.29) is 29.9 Å². The molecular formula is C24H29ClFNO5. The van der Waals surface area contributed by atoms with E-state index in [4.69, 9.17) is 21.1 Å². The van der Waals surface area contributed by atoms with Crippen molar-refractivity contribution in [2.45, 2.75) is 59.6 Å². The van der Waals surface area contributed by atoms with E-state index in [2.05, 4.69) is 5.32 Å². The fourth-order valence-electron chi connectivity index (χ4n) is 3.37. The third kappa shape index (κ3) is 6.60. The van der Waals surface area contributed by atoms with E-state index in [9.17, 15) is 14.7 Å². The second kappa shape index (κ2) is 10.2. The maximum absolute atomic E-state index is 15.2. The fraction of sp³-hybridized carbons (Fsp3) is 0.417. The number of amides is 1. The van der Waals surface area contributed by atoms with Crippen LogP contribution in [0.2, 0.25) is 5.02 Å². The Kier molecular flexibility index (Phi) is 8.13. The van der Waals surface area contributed by atoms with Gasteiger partial charge in [-0.2, -0.15) is 0 Å². The van der Waals surface area contributed by atoms with Gasteiger partial charge in [0, 0.05) is 16.1 Å². The average molecular weight is 466 g/mol. The monoisotopic (exact) mass is 465 g/mol. The van der Waals surface area contributed by atoms with Crippen LogP contribution >= 0.6 is 11.6 Å². The van der Waals surface area contributed by atoms with Crippen molar-refractivity contribution in [2.24, 2.45) is 0 Å². The summed E-state index contributed by atoms with van der Waals surface area (Å²) in [4.78, 5) is 24.6. The Morgan fingerprint density at radius 2 is 1.81 bits per heavy atom. The zero-order valence-corrected chi connectivity index (χ0v) is 19.9. The predicted molar refractivity (Wildman–Crippen MR) is 121 cm³/mol. The highest BCUT2D eigenvalue weighted by atomic mass is 35.5. The molecule has 0 saturated heterocycles. The average Bonchev–Trinajstić information content (AvgIpc) is 2.61. The maximum Gasteiger partial charge on any atom is 0.408 e. The summed E-state index contributed by atoms with van der Waals surface area (Å²) in [5.41, 5.74) is 1.27. The quantitative estimate of drug-likeness (QED) is 0.512. The highest BCUT2D eigenvalue weighted by Gasteiger charge is 2.27. The molecular weight excluding hydrogens is 437 g/mol. The van der Waals surface area contributed by atoms with Gasteiger partial charge in [-0.05, 0) is 82.5 Å². The first-order valence-corrected chi connectivity index (χ1v) is 10.6. The van der Waals surface area contributed by atoms with Crippen molar-refractivity contribution in [3.63, 3.8) is 0 Å². The molecule has 2 aromatic carbocycles. The summed E-state index contributed by atoms with van der Waals surface area (Å²) in [7, 11) is 0. The van der Waals surface area contributed by atoms with Crippen molar-refractivity contribution in [1.82, 2.24) is 5.32 Å². The molecule has 0 saturated carbocycles. The van der Waals surface area contributed by atoms with Crippen molar-refractivity contribution in [1.29, 1.82) is 0 Å². The standard InChI is InChI=1S/C24H29ClFNO5/c1-7-31-20(29)12-18(27-23(30)32-24(4,5)6)17-10-15(8-14(3)22(17)26)21-13(2)9-16(25)11-19(21)28/h8-11,18,28H,7,12H2,1-6H3,(H,27,30)/t18-/m0/s1. The Morgan fingerprint density at radius 3 is 2.38 bits per heavy atom. The molecule has 174 valence electrons. The first-order chi connectivity index (χ1) is 14.8. The molecule has 0 aliphatic rings. The lowest BCUT2D eigenvalue weighted by molar-refractivity contribution is -0.143. The number of hydrogen-bond donors (Lipinski definition) is 2. The highest BCUT2D eigenvalue weighted by molar-refractivity contribution is 6.31. The van der Waals surface area contributed by atoms with Crippen LogP contribution in [0.5, 0.6) is 5.75 Å². The van der Waals surface area contributed by atoms with Crippen LogP contribution in [0.1, 0.15) is 56.8 Å². The van der Waals surface area contributed by atoms with Gasteiger partial charge in [0.25, 0.3) is 0 Å². The first-order valence-electron chi connectivity index (χ1n) is 10.3. The number of benzene rings is 2. The molecule has 0 fully saturated rings. The molecule has 1 amide bonds. The molecule has 0 aromatic heterocycles. The Balaban J connectivity index is 2.57. The van der Waals surface area contributed by atoms with E-state index in [1.165, 1.54) is 12.1 Å². The highest BCUT2D eigenvalue weighted by Crippen LogP contribution is 2.38. The molecule has 2 N–H and O–H groups in total. The largest absolute Gasteiger partial charge is 0.507 e. The van der Waals surface area contributed by atoms with Crippen LogP contribution in [-0.2, 0) is 14.3 Å². The Labute approximate surface area is 192 Å². The number of phenols is 1. The minimum absolute atomic E-state index is 0.0611. The van der Waals surface area contributed by atoms with Crippen molar-refractivity contribution in [3.8, 4) is 16.9 Å². The van der Waals surface area contributed by atoms with Gasteiger partial charge in [-0.1, -0.05) is 11.6 Å². The molecule has 0 bridgehead atoms. The summed E-state index contributed by atoms with van der Waals surface area (Å²) in [5.74, 6) is -1.24. The molecule has 0 unspecified atom stereocenters. The summed E-state index contributed by atoms with van der Waals surface area (Å²) in [6, 6.07) is 5.13. The van der Waals surface area contributed by atoms with Gasteiger partial charge >= 0.3 is 12.1 Å². The summed E-state index contributed by atoms with van der Waals surface area (Å²) in [6.45, 7) is 10.2. The molecule has 0 aliphatic heterocycles. The maximum atomic E-state index is 15.2.